The first-order chi connectivity index (χ1) is 7.63. The average Bonchev–Trinajstić information content (AvgIpc) is 2.26. The summed E-state index contributed by atoms with van der Waals surface area (Å²) >= 11 is 5.92. The van der Waals surface area contributed by atoms with Gasteiger partial charge in [-0.2, -0.15) is 4.98 Å². The fraction of sp³-hybridized carbons (Fsp3) is 0.636. The van der Waals surface area contributed by atoms with E-state index in [0.29, 0.717) is 29.4 Å². The van der Waals surface area contributed by atoms with Crippen molar-refractivity contribution in [2.45, 2.75) is 26.7 Å². The Kier molecular flexibility index (Phi) is 5.32. The zero-order valence-electron chi connectivity index (χ0n) is 9.96. The molecule has 0 atom stereocenters. The summed E-state index contributed by atoms with van der Waals surface area (Å²) in [6.45, 7) is 5.02. The topological polar surface area (TPSA) is 47.0 Å². The van der Waals surface area contributed by atoms with Gasteiger partial charge in [0, 0.05) is 7.05 Å². The van der Waals surface area contributed by atoms with Gasteiger partial charge in [0.05, 0.1) is 12.8 Å². The average molecular weight is 244 g/mol. The highest BCUT2D eigenvalue weighted by molar-refractivity contribution is 6.31. The molecule has 1 N–H and O–H groups in total. The number of hydrogen-bond donors (Lipinski definition) is 1. The molecule has 0 aliphatic carbocycles. The number of halogens is 1. The van der Waals surface area contributed by atoms with Crippen LogP contribution in [0.3, 0.4) is 0 Å². The van der Waals surface area contributed by atoms with E-state index in [4.69, 9.17) is 16.3 Å². The molecule has 16 heavy (non-hydrogen) atoms. The van der Waals surface area contributed by atoms with Crippen molar-refractivity contribution in [2.24, 2.45) is 5.92 Å². The smallest absolute Gasteiger partial charge is 0.237 e. The van der Waals surface area contributed by atoms with Gasteiger partial charge in [0.2, 0.25) is 11.8 Å². The molecule has 90 valence electrons. The third kappa shape index (κ3) is 4.23. The molecule has 0 radical (unpaired) electrons. The standard InChI is InChI=1S/C11H18ClN3O/c1-8(2)5-4-6-16-10-9(12)7-14-11(13-3)15-10/h7-8H,4-6H2,1-3H3,(H,13,14,15). The Bertz CT molecular complexity index is 331. The number of anilines is 1. The molecule has 4 nitrogen and oxygen atoms in total. The number of ether oxygens (including phenoxy) is 1. The van der Waals surface area contributed by atoms with Crippen molar-refractivity contribution in [3.8, 4) is 5.88 Å². The van der Waals surface area contributed by atoms with Gasteiger partial charge in [0.1, 0.15) is 5.02 Å². The minimum atomic E-state index is 0.448. The van der Waals surface area contributed by atoms with Crippen LogP contribution < -0.4 is 10.1 Å². The summed E-state index contributed by atoms with van der Waals surface area (Å²) in [5, 5.41) is 3.29. The number of nitrogens with zero attached hydrogens (tertiary/aromatic N) is 2. The van der Waals surface area contributed by atoms with E-state index in [1.165, 1.54) is 6.20 Å². The summed E-state index contributed by atoms with van der Waals surface area (Å²) in [6, 6.07) is 0. The van der Waals surface area contributed by atoms with Crippen molar-refractivity contribution in [1.82, 2.24) is 9.97 Å². The lowest BCUT2D eigenvalue weighted by atomic mass is 10.1. The molecule has 0 fully saturated rings. The Morgan fingerprint density at radius 1 is 1.50 bits per heavy atom. The minimum Gasteiger partial charge on any atom is -0.476 e. The lowest BCUT2D eigenvalue weighted by molar-refractivity contribution is 0.287. The van der Waals surface area contributed by atoms with E-state index in [-0.39, 0.29) is 0 Å². The van der Waals surface area contributed by atoms with Crippen LogP contribution in [0.1, 0.15) is 26.7 Å². The maximum atomic E-state index is 5.92. The van der Waals surface area contributed by atoms with Crippen LogP contribution in [0.25, 0.3) is 0 Å². The van der Waals surface area contributed by atoms with Crippen molar-refractivity contribution in [1.29, 1.82) is 0 Å². The van der Waals surface area contributed by atoms with E-state index in [1.54, 1.807) is 7.05 Å². The van der Waals surface area contributed by atoms with Gasteiger partial charge in [-0.1, -0.05) is 25.4 Å². The SMILES string of the molecule is CNc1ncc(Cl)c(OCCCC(C)C)n1. The Balaban J connectivity index is 2.46. The van der Waals surface area contributed by atoms with Crippen molar-refractivity contribution >= 4 is 17.5 Å². The van der Waals surface area contributed by atoms with Gasteiger partial charge in [0.15, 0.2) is 0 Å². The largest absolute Gasteiger partial charge is 0.476 e. The van der Waals surface area contributed by atoms with Gasteiger partial charge in [-0.05, 0) is 18.8 Å². The molecule has 0 unspecified atom stereocenters. The molecule has 1 rings (SSSR count). The molecule has 1 aromatic rings. The van der Waals surface area contributed by atoms with Crippen molar-refractivity contribution in [3.05, 3.63) is 11.2 Å². The van der Waals surface area contributed by atoms with Gasteiger partial charge in [-0.25, -0.2) is 4.98 Å². The molecule has 0 aromatic carbocycles. The molecule has 0 spiro atoms. The first kappa shape index (κ1) is 13.0. The maximum Gasteiger partial charge on any atom is 0.237 e. The molecular formula is C11H18ClN3O. The van der Waals surface area contributed by atoms with Gasteiger partial charge in [-0.15, -0.1) is 0 Å². The normalized spacial score (nSPS) is 10.6. The highest BCUT2D eigenvalue weighted by Crippen LogP contribution is 2.21. The molecule has 0 saturated heterocycles. The van der Waals surface area contributed by atoms with Crippen LogP contribution in [0.2, 0.25) is 5.02 Å². The van der Waals surface area contributed by atoms with Crippen LogP contribution in [0.5, 0.6) is 5.88 Å². The predicted molar refractivity (Wildman–Crippen MR) is 66.2 cm³/mol. The number of aromatic nitrogens is 2. The summed E-state index contributed by atoms with van der Waals surface area (Å²) in [4.78, 5) is 8.11. The molecule has 0 bridgehead atoms. The summed E-state index contributed by atoms with van der Waals surface area (Å²) in [6.07, 6.45) is 3.69. The lowest BCUT2D eigenvalue weighted by Crippen LogP contribution is -2.04. The molecule has 5 heteroatoms. The number of rotatable bonds is 6. The number of hydrogen-bond acceptors (Lipinski definition) is 4. The van der Waals surface area contributed by atoms with E-state index >= 15 is 0 Å². The third-order valence-corrected chi connectivity index (χ3v) is 2.36. The second-order valence-corrected chi connectivity index (χ2v) is 4.39. The minimum absolute atomic E-state index is 0.448. The summed E-state index contributed by atoms with van der Waals surface area (Å²) in [5.74, 6) is 1.66. The Labute approximate surface area is 101 Å². The first-order valence-corrected chi connectivity index (χ1v) is 5.84. The predicted octanol–water partition coefficient (Wildman–Crippen LogP) is 2.99. The highest BCUT2D eigenvalue weighted by atomic mass is 35.5. The first-order valence-electron chi connectivity index (χ1n) is 5.46. The molecule has 0 saturated carbocycles. The Morgan fingerprint density at radius 2 is 2.25 bits per heavy atom. The van der Waals surface area contributed by atoms with Gasteiger partial charge >= 0.3 is 0 Å². The summed E-state index contributed by atoms with van der Waals surface area (Å²) in [7, 11) is 1.76. The Morgan fingerprint density at radius 3 is 2.88 bits per heavy atom. The monoisotopic (exact) mass is 243 g/mol. The van der Waals surface area contributed by atoms with Crippen LogP contribution in [0.4, 0.5) is 5.95 Å². The lowest BCUT2D eigenvalue weighted by Gasteiger charge is -2.08. The van der Waals surface area contributed by atoms with Crippen LogP contribution >= 0.6 is 11.6 Å². The van der Waals surface area contributed by atoms with Crippen LogP contribution in [-0.4, -0.2) is 23.6 Å². The van der Waals surface area contributed by atoms with E-state index in [9.17, 15) is 0 Å². The molecule has 1 aromatic heterocycles. The number of nitrogens with one attached hydrogen (secondary N) is 1. The van der Waals surface area contributed by atoms with Crippen molar-refractivity contribution in [3.63, 3.8) is 0 Å². The van der Waals surface area contributed by atoms with E-state index in [1.807, 2.05) is 0 Å². The van der Waals surface area contributed by atoms with Gasteiger partial charge < -0.3 is 10.1 Å². The van der Waals surface area contributed by atoms with Crippen LogP contribution in [0.15, 0.2) is 6.20 Å². The second kappa shape index (κ2) is 6.53. The van der Waals surface area contributed by atoms with E-state index in [0.717, 1.165) is 12.8 Å². The van der Waals surface area contributed by atoms with Crippen molar-refractivity contribution in [2.75, 3.05) is 19.0 Å². The van der Waals surface area contributed by atoms with Gasteiger partial charge in [0.25, 0.3) is 0 Å². The van der Waals surface area contributed by atoms with Crippen LogP contribution in [-0.2, 0) is 0 Å². The summed E-state index contributed by atoms with van der Waals surface area (Å²) in [5.41, 5.74) is 0. The fourth-order valence-electron chi connectivity index (χ4n) is 1.23. The molecular weight excluding hydrogens is 226 g/mol. The molecule has 0 aliphatic rings. The van der Waals surface area contributed by atoms with E-state index in [2.05, 4.69) is 29.1 Å². The second-order valence-electron chi connectivity index (χ2n) is 3.98. The molecule has 0 amide bonds. The summed E-state index contributed by atoms with van der Waals surface area (Å²) < 4.78 is 5.51. The van der Waals surface area contributed by atoms with Crippen LogP contribution in [0, 0.1) is 5.92 Å². The zero-order chi connectivity index (χ0) is 12.0. The maximum absolute atomic E-state index is 5.92. The van der Waals surface area contributed by atoms with Gasteiger partial charge in [-0.3, -0.25) is 0 Å². The third-order valence-electron chi connectivity index (χ3n) is 2.10. The highest BCUT2D eigenvalue weighted by Gasteiger charge is 2.05. The molecule has 1 heterocycles. The van der Waals surface area contributed by atoms with E-state index < -0.39 is 0 Å². The fourth-order valence-corrected chi connectivity index (χ4v) is 1.38. The zero-order valence-corrected chi connectivity index (χ0v) is 10.7. The molecule has 0 aliphatic heterocycles. The Hall–Kier alpha value is -1.03. The van der Waals surface area contributed by atoms with Crippen molar-refractivity contribution < 1.29 is 4.74 Å². The quantitative estimate of drug-likeness (QED) is 0.781.